The van der Waals surface area contributed by atoms with Crippen LogP contribution in [0.5, 0.6) is 0 Å². The van der Waals surface area contributed by atoms with E-state index in [2.05, 4.69) is 21.8 Å². The minimum atomic E-state index is -0.827. The van der Waals surface area contributed by atoms with Gasteiger partial charge >= 0.3 is 5.91 Å². The predicted octanol–water partition coefficient (Wildman–Crippen LogP) is 1.59. The first-order valence-electron chi connectivity index (χ1n) is 8.80. The van der Waals surface area contributed by atoms with Crippen LogP contribution in [-0.4, -0.2) is 35.5 Å². The number of nitrogens with zero attached hydrogens (tertiary/aromatic N) is 2. The van der Waals surface area contributed by atoms with Crippen molar-refractivity contribution in [3.05, 3.63) is 70.8 Å². The van der Waals surface area contributed by atoms with E-state index in [0.717, 1.165) is 28.6 Å². The Kier molecular flexibility index (Phi) is 6.22. The number of hydrogen-bond donors (Lipinski definition) is 2. The molecule has 3 N–H and O–H groups in total. The SMILES string of the molecule is NCc1ccc(C#Cc2ccc(C(CO)CC3=NC=NC(=O)C3=O)cc2)cc1. The normalized spacial score (nSPS) is 14.3. The number of aliphatic imine (C=N–C) groups is 2. The van der Waals surface area contributed by atoms with Gasteiger partial charge in [-0.1, -0.05) is 36.1 Å². The molecule has 1 aliphatic rings. The van der Waals surface area contributed by atoms with Crippen molar-refractivity contribution in [2.24, 2.45) is 15.7 Å². The zero-order valence-corrected chi connectivity index (χ0v) is 15.1. The van der Waals surface area contributed by atoms with Crippen molar-refractivity contribution in [1.82, 2.24) is 0 Å². The number of Topliss-reactive ketones (excluding diaryl/α,β-unsaturated/α-hetero) is 1. The second kappa shape index (κ2) is 9.00. The van der Waals surface area contributed by atoms with E-state index in [1.165, 1.54) is 0 Å². The lowest BCUT2D eigenvalue weighted by Gasteiger charge is -2.15. The van der Waals surface area contributed by atoms with Gasteiger partial charge in [0.2, 0.25) is 0 Å². The van der Waals surface area contributed by atoms with E-state index in [9.17, 15) is 14.7 Å². The van der Waals surface area contributed by atoms with Crippen molar-refractivity contribution in [2.75, 3.05) is 6.61 Å². The highest BCUT2D eigenvalue weighted by Crippen LogP contribution is 2.21. The maximum Gasteiger partial charge on any atom is 0.320 e. The lowest BCUT2D eigenvalue weighted by molar-refractivity contribution is -0.132. The summed E-state index contributed by atoms with van der Waals surface area (Å²) in [7, 11) is 0. The van der Waals surface area contributed by atoms with Gasteiger partial charge in [0, 0.05) is 30.0 Å². The molecular weight excluding hydrogens is 354 g/mol. The second-order valence-corrected chi connectivity index (χ2v) is 6.31. The molecule has 0 fully saturated rings. The molecule has 2 aromatic carbocycles. The third-order valence-electron chi connectivity index (χ3n) is 4.43. The maximum absolute atomic E-state index is 11.8. The van der Waals surface area contributed by atoms with E-state index in [-0.39, 0.29) is 24.7 Å². The molecule has 2 aromatic rings. The smallest absolute Gasteiger partial charge is 0.320 e. The molecule has 0 spiro atoms. The van der Waals surface area contributed by atoms with Gasteiger partial charge in [-0.05, 0) is 35.4 Å². The van der Waals surface area contributed by atoms with E-state index in [0.29, 0.717) is 6.54 Å². The summed E-state index contributed by atoms with van der Waals surface area (Å²) in [4.78, 5) is 30.4. The van der Waals surface area contributed by atoms with Gasteiger partial charge in [-0.15, -0.1) is 0 Å². The summed E-state index contributed by atoms with van der Waals surface area (Å²) in [5.41, 5.74) is 9.32. The van der Waals surface area contributed by atoms with E-state index >= 15 is 0 Å². The van der Waals surface area contributed by atoms with Gasteiger partial charge in [0.25, 0.3) is 5.78 Å². The summed E-state index contributed by atoms with van der Waals surface area (Å²) in [5, 5.41) is 9.70. The van der Waals surface area contributed by atoms with Crippen molar-refractivity contribution >= 4 is 23.7 Å². The van der Waals surface area contributed by atoms with Crippen molar-refractivity contribution in [1.29, 1.82) is 0 Å². The van der Waals surface area contributed by atoms with Crippen LogP contribution in [0.25, 0.3) is 0 Å². The van der Waals surface area contributed by atoms with E-state index in [1.807, 2.05) is 48.5 Å². The van der Waals surface area contributed by atoms with E-state index in [4.69, 9.17) is 5.73 Å². The Labute approximate surface area is 162 Å². The number of hydrogen-bond acceptors (Lipinski definition) is 5. The molecule has 1 atom stereocenters. The van der Waals surface area contributed by atoms with Gasteiger partial charge in [-0.3, -0.25) is 9.59 Å². The molecule has 0 bridgehead atoms. The fourth-order valence-electron chi connectivity index (χ4n) is 2.77. The second-order valence-electron chi connectivity index (χ2n) is 6.31. The van der Waals surface area contributed by atoms with Crippen LogP contribution in [0.3, 0.4) is 0 Å². The van der Waals surface area contributed by atoms with Crippen LogP contribution < -0.4 is 5.73 Å². The third kappa shape index (κ3) is 4.65. The van der Waals surface area contributed by atoms with Gasteiger partial charge in [-0.25, -0.2) is 4.99 Å². The quantitative estimate of drug-likeness (QED) is 0.613. The number of nitrogens with two attached hydrogens (primary N) is 1. The summed E-state index contributed by atoms with van der Waals surface area (Å²) in [6.07, 6.45) is 1.25. The van der Waals surface area contributed by atoms with Crippen LogP contribution in [0.2, 0.25) is 0 Å². The highest BCUT2D eigenvalue weighted by molar-refractivity contribution is 6.66. The summed E-state index contributed by atoms with van der Waals surface area (Å²) >= 11 is 0. The number of aliphatic hydroxyl groups excluding tert-OH is 1. The number of amides is 1. The minimum absolute atomic E-state index is 0.115. The number of carbonyl (C=O) groups is 2. The third-order valence-corrected chi connectivity index (χ3v) is 4.43. The van der Waals surface area contributed by atoms with Gasteiger partial charge in [0.15, 0.2) is 0 Å². The van der Waals surface area contributed by atoms with Crippen LogP contribution in [0.4, 0.5) is 0 Å². The van der Waals surface area contributed by atoms with Crippen LogP contribution in [0.15, 0.2) is 58.5 Å². The Morgan fingerprint density at radius 2 is 1.57 bits per heavy atom. The number of ketones is 1. The molecule has 3 rings (SSSR count). The van der Waals surface area contributed by atoms with Crippen molar-refractivity contribution < 1.29 is 14.7 Å². The molecule has 28 heavy (non-hydrogen) atoms. The molecule has 0 aliphatic carbocycles. The Morgan fingerprint density at radius 3 is 2.14 bits per heavy atom. The Bertz CT molecular complexity index is 994. The first kappa shape index (κ1) is 19.4. The summed E-state index contributed by atoms with van der Waals surface area (Å²) in [6, 6.07) is 15.2. The molecule has 1 unspecified atom stereocenters. The molecule has 1 aliphatic heterocycles. The molecule has 0 saturated carbocycles. The van der Waals surface area contributed by atoms with E-state index in [1.54, 1.807) is 0 Å². The largest absolute Gasteiger partial charge is 0.396 e. The van der Waals surface area contributed by atoms with Gasteiger partial charge in [-0.2, -0.15) is 4.99 Å². The fourth-order valence-corrected chi connectivity index (χ4v) is 2.77. The number of aliphatic hydroxyl groups is 1. The maximum atomic E-state index is 11.8. The number of carbonyl (C=O) groups excluding carboxylic acids is 2. The highest BCUT2D eigenvalue weighted by atomic mass is 16.3. The Morgan fingerprint density at radius 1 is 0.964 bits per heavy atom. The van der Waals surface area contributed by atoms with E-state index < -0.39 is 11.7 Å². The molecule has 0 saturated heterocycles. The molecule has 6 nitrogen and oxygen atoms in total. The van der Waals surface area contributed by atoms with Crippen molar-refractivity contribution in [2.45, 2.75) is 18.9 Å². The van der Waals surface area contributed by atoms with Gasteiger partial charge < -0.3 is 10.8 Å². The predicted molar refractivity (Wildman–Crippen MR) is 107 cm³/mol. The summed E-state index contributed by atoms with van der Waals surface area (Å²) in [6.45, 7) is 0.330. The highest BCUT2D eigenvalue weighted by Gasteiger charge is 2.25. The molecule has 140 valence electrons. The van der Waals surface area contributed by atoms with Gasteiger partial charge in [0.05, 0.1) is 12.3 Å². The molecule has 1 heterocycles. The monoisotopic (exact) mass is 373 g/mol. The van der Waals surface area contributed by atoms with Crippen molar-refractivity contribution in [3.8, 4) is 11.8 Å². The number of rotatable bonds is 5. The van der Waals surface area contributed by atoms with Crippen LogP contribution in [0.1, 0.15) is 34.6 Å². The Balaban J connectivity index is 1.71. The van der Waals surface area contributed by atoms with Crippen LogP contribution in [-0.2, 0) is 16.1 Å². The zero-order valence-electron chi connectivity index (χ0n) is 15.1. The molecule has 6 heteroatoms. The zero-order chi connectivity index (χ0) is 19.9. The first-order chi connectivity index (χ1) is 13.6. The summed E-state index contributed by atoms with van der Waals surface area (Å²) < 4.78 is 0. The lowest BCUT2D eigenvalue weighted by Crippen LogP contribution is -2.28. The lowest BCUT2D eigenvalue weighted by atomic mass is 9.92. The first-order valence-corrected chi connectivity index (χ1v) is 8.80. The molecule has 0 radical (unpaired) electrons. The van der Waals surface area contributed by atoms with Crippen LogP contribution >= 0.6 is 0 Å². The average molecular weight is 373 g/mol. The summed E-state index contributed by atoms with van der Waals surface area (Å²) in [5.74, 6) is 4.30. The Hall–Kier alpha value is -3.40. The molecule has 1 amide bonds. The number of benzene rings is 2. The average Bonchev–Trinajstić information content (AvgIpc) is 2.74. The van der Waals surface area contributed by atoms with Crippen LogP contribution in [0, 0.1) is 11.8 Å². The molecule has 0 aromatic heterocycles. The minimum Gasteiger partial charge on any atom is -0.396 e. The standard InChI is InChI=1S/C22H19N3O3/c23-12-17-5-3-15(4-6-17)1-2-16-7-9-18(10-8-16)19(13-26)11-20-21(27)22(28)25-14-24-20/h3-10,14,19,26H,11-13,23H2. The topological polar surface area (TPSA) is 105 Å². The van der Waals surface area contributed by atoms with Gasteiger partial charge in [0.1, 0.15) is 6.34 Å². The fraction of sp³-hybridized carbons (Fsp3) is 0.182. The van der Waals surface area contributed by atoms with Crippen molar-refractivity contribution in [3.63, 3.8) is 0 Å². The molecular formula is C22H19N3O3.